The molecule has 1 rings (SSSR count). The Morgan fingerprint density at radius 3 is 2.62 bits per heavy atom. The number of likely N-dealkylation sites (N-methyl/N-ethyl adjacent to an activating group) is 1. The van der Waals surface area contributed by atoms with Gasteiger partial charge in [0.15, 0.2) is 5.69 Å². The topological polar surface area (TPSA) is 88.3 Å². The van der Waals surface area contributed by atoms with Crippen molar-refractivity contribution >= 4 is 11.9 Å². The van der Waals surface area contributed by atoms with E-state index >= 15 is 0 Å². The number of carboxylic acid groups (broad SMARTS) is 1. The Morgan fingerprint density at radius 1 is 1.56 bits per heavy atom. The minimum absolute atomic E-state index is 0.00500. The number of rotatable bonds is 4. The molecule has 0 spiro atoms. The summed E-state index contributed by atoms with van der Waals surface area (Å²) in [5.74, 6) is -1.30. The van der Waals surface area contributed by atoms with E-state index < -0.39 is 5.97 Å². The zero-order chi connectivity index (χ0) is 12.3. The first-order valence-corrected chi connectivity index (χ1v) is 4.81. The van der Waals surface area contributed by atoms with E-state index in [4.69, 9.17) is 5.11 Å². The molecule has 0 aliphatic carbocycles. The molecular weight excluding hydrogens is 212 g/mol. The Kier molecular flexibility index (Phi) is 3.60. The lowest BCUT2D eigenvalue weighted by atomic mass is 10.3. The average Bonchev–Trinajstić information content (AvgIpc) is 2.64. The molecule has 0 saturated heterocycles. The first-order chi connectivity index (χ1) is 7.41. The number of nitrogens with zero attached hydrogens (tertiary/aromatic N) is 4. The summed E-state index contributed by atoms with van der Waals surface area (Å²) in [6.45, 7) is 3.78. The molecule has 0 aromatic carbocycles. The Hall–Kier alpha value is -1.92. The molecule has 88 valence electrons. The van der Waals surface area contributed by atoms with E-state index in [1.807, 2.05) is 13.8 Å². The number of aromatic nitrogens is 3. The van der Waals surface area contributed by atoms with E-state index in [1.54, 1.807) is 11.9 Å². The van der Waals surface area contributed by atoms with E-state index in [9.17, 15) is 9.59 Å². The van der Waals surface area contributed by atoms with Gasteiger partial charge in [0, 0.05) is 13.1 Å². The third kappa shape index (κ3) is 2.78. The third-order valence-corrected chi connectivity index (χ3v) is 2.22. The molecule has 1 heterocycles. The summed E-state index contributed by atoms with van der Waals surface area (Å²) < 4.78 is 1.21. The molecule has 1 aromatic heterocycles. The largest absolute Gasteiger partial charge is 0.476 e. The summed E-state index contributed by atoms with van der Waals surface area (Å²) in [6.07, 6.45) is 1.23. The highest BCUT2D eigenvalue weighted by atomic mass is 16.4. The van der Waals surface area contributed by atoms with Crippen LogP contribution < -0.4 is 0 Å². The van der Waals surface area contributed by atoms with E-state index in [1.165, 1.54) is 10.9 Å². The molecule has 0 aliphatic heterocycles. The van der Waals surface area contributed by atoms with E-state index in [0.717, 1.165) is 0 Å². The first kappa shape index (κ1) is 12.2. The molecule has 7 nitrogen and oxygen atoms in total. The first-order valence-electron chi connectivity index (χ1n) is 4.81. The van der Waals surface area contributed by atoms with E-state index in [0.29, 0.717) is 0 Å². The summed E-state index contributed by atoms with van der Waals surface area (Å²) in [6, 6.07) is 0.0926. The maximum atomic E-state index is 11.6. The maximum absolute atomic E-state index is 11.6. The molecule has 0 radical (unpaired) electrons. The van der Waals surface area contributed by atoms with Crippen molar-refractivity contribution in [3.8, 4) is 0 Å². The van der Waals surface area contributed by atoms with Crippen LogP contribution in [0.1, 0.15) is 24.3 Å². The second-order valence-electron chi connectivity index (χ2n) is 3.70. The lowest BCUT2D eigenvalue weighted by Gasteiger charge is -2.20. The molecular formula is C9H14N4O3. The van der Waals surface area contributed by atoms with Gasteiger partial charge in [-0.3, -0.25) is 4.79 Å². The van der Waals surface area contributed by atoms with Crippen molar-refractivity contribution < 1.29 is 14.7 Å². The number of hydrogen-bond donors (Lipinski definition) is 1. The van der Waals surface area contributed by atoms with Crippen LogP contribution >= 0.6 is 0 Å². The van der Waals surface area contributed by atoms with Gasteiger partial charge in [0.2, 0.25) is 5.91 Å². The van der Waals surface area contributed by atoms with Crippen LogP contribution in [0.2, 0.25) is 0 Å². The van der Waals surface area contributed by atoms with Gasteiger partial charge in [-0.05, 0) is 13.8 Å². The van der Waals surface area contributed by atoms with Crippen LogP contribution in [0.3, 0.4) is 0 Å². The van der Waals surface area contributed by atoms with Crippen LogP contribution in [0, 0.1) is 0 Å². The molecule has 0 unspecified atom stereocenters. The standard InChI is InChI=1S/C9H14N4O3/c1-6(2)12(3)8(14)5-13-4-7(9(15)16)10-11-13/h4,6H,5H2,1-3H3,(H,15,16). The zero-order valence-electron chi connectivity index (χ0n) is 9.41. The van der Waals surface area contributed by atoms with Gasteiger partial charge in [0.05, 0.1) is 6.20 Å². The van der Waals surface area contributed by atoms with E-state index in [-0.39, 0.29) is 24.2 Å². The van der Waals surface area contributed by atoms with Gasteiger partial charge in [-0.2, -0.15) is 0 Å². The average molecular weight is 226 g/mol. The fourth-order valence-electron chi connectivity index (χ4n) is 1.01. The minimum atomic E-state index is -1.16. The zero-order valence-corrected chi connectivity index (χ0v) is 9.41. The SMILES string of the molecule is CC(C)N(C)C(=O)Cn1cc(C(=O)O)nn1. The molecule has 0 fully saturated rings. The predicted molar refractivity (Wildman–Crippen MR) is 54.9 cm³/mol. The third-order valence-electron chi connectivity index (χ3n) is 2.22. The van der Waals surface area contributed by atoms with Crippen molar-refractivity contribution in [3.05, 3.63) is 11.9 Å². The van der Waals surface area contributed by atoms with Gasteiger partial charge in [-0.1, -0.05) is 5.21 Å². The van der Waals surface area contributed by atoms with Gasteiger partial charge in [-0.25, -0.2) is 9.48 Å². The summed E-state index contributed by atoms with van der Waals surface area (Å²) in [4.78, 5) is 23.7. The molecule has 1 N–H and O–H groups in total. The number of carbonyl (C=O) groups is 2. The fourth-order valence-corrected chi connectivity index (χ4v) is 1.01. The smallest absolute Gasteiger partial charge is 0.358 e. The Labute approximate surface area is 92.7 Å². The fraction of sp³-hybridized carbons (Fsp3) is 0.556. The molecule has 0 aliphatic rings. The van der Waals surface area contributed by atoms with Crippen molar-refractivity contribution in [2.75, 3.05) is 7.05 Å². The van der Waals surface area contributed by atoms with Crippen molar-refractivity contribution in [3.63, 3.8) is 0 Å². The maximum Gasteiger partial charge on any atom is 0.358 e. The lowest BCUT2D eigenvalue weighted by Crippen LogP contribution is -2.35. The second kappa shape index (κ2) is 4.73. The minimum Gasteiger partial charge on any atom is -0.476 e. The normalized spacial score (nSPS) is 10.5. The summed E-state index contributed by atoms with van der Waals surface area (Å²) >= 11 is 0. The van der Waals surface area contributed by atoms with Crippen molar-refractivity contribution in [1.82, 2.24) is 19.9 Å². The monoisotopic (exact) mass is 226 g/mol. The number of aromatic carboxylic acids is 1. The molecule has 1 amide bonds. The van der Waals surface area contributed by atoms with E-state index in [2.05, 4.69) is 10.3 Å². The van der Waals surface area contributed by atoms with Crippen molar-refractivity contribution in [1.29, 1.82) is 0 Å². The van der Waals surface area contributed by atoms with Gasteiger partial charge >= 0.3 is 5.97 Å². The number of amides is 1. The number of carboxylic acids is 1. The molecule has 0 bridgehead atoms. The van der Waals surface area contributed by atoms with Gasteiger partial charge in [0.1, 0.15) is 6.54 Å². The Morgan fingerprint density at radius 2 is 2.19 bits per heavy atom. The molecule has 7 heteroatoms. The highest BCUT2D eigenvalue weighted by Crippen LogP contribution is 1.98. The summed E-state index contributed by atoms with van der Waals surface area (Å²) in [5, 5.41) is 15.6. The van der Waals surface area contributed by atoms with Crippen LogP contribution in [0.25, 0.3) is 0 Å². The Bertz CT molecular complexity index is 399. The van der Waals surface area contributed by atoms with Gasteiger partial charge in [-0.15, -0.1) is 5.10 Å². The van der Waals surface area contributed by atoms with Crippen LogP contribution in [0.5, 0.6) is 0 Å². The Balaban J connectivity index is 2.66. The highest BCUT2D eigenvalue weighted by molar-refractivity contribution is 5.84. The molecule has 16 heavy (non-hydrogen) atoms. The van der Waals surface area contributed by atoms with Gasteiger partial charge < -0.3 is 10.0 Å². The van der Waals surface area contributed by atoms with Crippen LogP contribution in [-0.4, -0.2) is 50.0 Å². The quantitative estimate of drug-likeness (QED) is 0.770. The molecule has 1 aromatic rings. The van der Waals surface area contributed by atoms with Crippen LogP contribution in [0.15, 0.2) is 6.20 Å². The second-order valence-corrected chi connectivity index (χ2v) is 3.70. The molecule has 0 saturated carbocycles. The van der Waals surface area contributed by atoms with Gasteiger partial charge in [0.25, 0.3) is 0 Å². The van der Waals surface area contributed by atoms with Crippen LogP contribution in [0.4, 0.5) is 0 Å². The number of carbonyl (C=O) groups excluding carboxylic acids is 1. The van der Waals surface area contributed by atoms with Crippen molar-refractivity contribution in [2.24, 2.45) is 0 Å². The predicted octanol–water partition coefficient (Wildman–Crippen LogP) is -0.157. The highest BCUT2D eigenvalue weighted by Gasteiger charge is 2.14. The lowest BCUT2D eigenvalue weighted by molar-refractivity contribution is -0.132. The molecule has 0 atom stereocenters. The summed E-state index contributed by atoms with van der Waals surface area (Å²) in [7, 11) is 1.68. The summed E-state index contributed by atoms with van der Waals surface area (Å²) in [5.41, 5.74) is -0.167. The van der Waals surface area contributed by atoms with Crippen molar-refractivity contribution in [2.45, 2.75) is 26.4 Å². The van der Waals surface area contributed by atoms with Crippen LogP contribution in [-0.2, 0) is 11.3 Å². The number of hydrogen-bond acceptors (Lipinski definition) is 4.